The van der Waals surface area contributed by atoms with Gasteiger partial charge in [-0.25, -0.2) is 0 Å². The molecule has 1 N–H and O–H groups in total. The van der Waals surface area contributed by atoms with E-state index in [1.165, 1.54) is 44.9 Å². The van der Waals surface area contributed by atoms with Crippen LogP contribution in [0.4, 0.5) is 0 Å². The Hall–Kier alpha value is -0.610. The van der Waals surface area contributed by atoms with Gasteiger partial charge >= 0.3 is 0 Å². The van der Waals surface area contributed by atoms with E-state index in [-0.39, 0.29) is 5.41 Å². The van der Waals surface area contributed by atoms with Gasteiger partial charge in [-0.2, -0.15) is 0 Å². The molecule has 136 valence electrons. The SMILES string of the molecule is O=C(CC1CCCC1)N1CCC2(CC1)CN(C1CCC1)CC2CO. The molecule has 1 spiro atoms. The largest absolute Gasteiger partial charge is 0.396 e. The zero-order valence-electron chi connectivity index (χ0n) is 15.1. The molecular formula is C20H34N2O2. The van der Waals surface area contributed by atoms with Crippen molar-refractivity contribution >= 4 is 5.91 Å². The number of carbonyl (C=O) groups is 1. The fraction of sp³-hybridized carbons (Fsp3) is 0.950. The maximum atomic E-state index is 12.6. The van der Waals surface area contributed by atoms with Crippen LogP contribution in [0.3, 0.4) is 0 Å². The van der Waals surface area contributed by atoms with Gasteiger partial charge in [0.05, 0.1) is 0 Å². The molecule has 2 heterocycles. The van der Waals surface area contributed by atoms with E-state index < -0.39 is 0 Å². The first-order chi connectivity index (χ1) is 11.7. The minimum Gasteiger partial charge on any atom is -0.396 e. The van der Waals surface area contributed by atoms with Crippen LogP contribution in [0.2, 0.25) is 0 Å². The lowest BCUT2D eigenvalue weighted by molar-refractivity contribution is -0.135. The first-order valence-corrected chi connectivity index (χ1v) is 10.3. The van der Waals surface area contributed by atoms with Gasteiger partial charge in [-0.3, -0.25) is 9.69 Å². The van der Waals surface area contributed by atoms with Crippen molar-refractivity contribution in [1.29, 1.82) is 0 Å². The second kappa shape index (κ2) is 6.95. The predicted molar refractivity (Wildman–Crippen MR) is 94.6 cm³/mol. The maximum Gasteiger partial charge on any atom is 0.222 e. The van der Waals surface area contributed by atoms with E-state index in [9.17, 15) is 9.90 Å². The number of aliphatic hydroxyl groups excluding tert-OH is 1. The minimum atomic E-state index is 0.272. The third-order valence-electron chi connectivity index (χ3n) is 7.70. The summed E-state index contributed by atoms with van der Waals surface area (Å²) in [5.74, 6) is 1.47. The lowest BCUT2D eigenvalue weighted by atomic mass is 9.71. The van der Waals surface area contributed by atoms with E-state index in [1.54, 1.807) is 0 Å². The van der Waals surface area contributed by atoms with Crippen molar-refractivity contribution in [3.05, 3.63) is 0 Å². The van der Waals surface area contributed by atoms with Crippen LogP contribution in [0.15, 0.2) is 0 Å². The molecule has 2 aliphatic heterocycles. The van der Waals surface area contributed by atoms with Gasteiger partial charge in [0, 0.05) is 51.2 Å². The molecule has 4 aliphatic rings. The Bertz CT molecular complexity index is 449. The number of piperidine rings is 1. The second-order valence-electron chi connectivity index (χ2n) is 8.99. The molecule has 1 atom stereocenters. The second-order valence-corrected chi connectivity index (χ2v) is 8.99. The van der Waals surface area contributed by atoms with Gasteiger partial charge in [0.2, 0.25) is 5.91 Å². The molecule has 1 unspecified atom stereocenters. The number of aliphatic hydroxyl groups is 1. The number of carbonyl (C=O) groups excluding carboxylic acids is 1. The van der Waals surface area contributed by atoms with Crippen LogP contribution < -0.4 is 0 Å². The highest BCUT2D eigenvalue weighted by molar-refractivity contribution is 5.76. The molecule has 1 amide bonds. The molecule has 2 saturated carbocycles. The van der Waals surface area contributed by atoms with Crippen molar-refractivity contribution in [2.24, 2.45) is 17.3 Å². The van der Waals surface area contributed by atoms with Crippen LogP contribution in [0.5, 0.6) is 0 Å². The van der Waals surface area contributed by atoms with Gasteiger partial charge in [-0.05, 0) is 49.9 Å². The molecule has 0 radical (unpaired) electrons. The van der Waals surface area contributed by atoms with Crippen molar-refractivity contribution in [3.8, 4) is 0 Å². The number of nitrogens with zero attached hydrogens (tertiary/aromatic N) is 2. The molecule has 0 aromatic carbocycles. The van der Waals surface area contributed by atoms with Gasteiger partial charge in [-0.1, -0.05) is 19.3 Å². The number of likely N-dealkylation sites (tertiary alicyclic amines) is 2. The van der Waals surface area contributed by atoms with E-state index in [1.807, 2.05) is 0 Å². The lowest BCUT2D eigenvalue weighted by Crippen LogP contribution is -2.48. The Morgan fingerprint density at radius 3 is 2.33 bits per heavy atom. The van der Waals surface area contributed by atoms with Gasteiger partial charge in [0.25, 0.3) is 0 Å². The number of hydrogen-bond acceptors (Lipinski definition) is 3. The Morgan fingerprint density at radius 1 is 1.04 bits per heavy atom. The third kappa shape index (κ3) is 3.12. The highest BCUT2D eigenvalue weighted by Crippen LogP contribution is 2.47. The number of amides is 1. The molecule has 4 rings (SSSR count). The molecule has 0 aromatic heterocycles. The third-order valence-corrected chi connectivity index (χ3v) is 7.70. The smallest absolute Gasteiger partial charge is 0.222 e. The van der Waals surface area contributed by atoms with Crippen molar-refractivity contribution in [2.75, 3.05) is 32.8 Å². The topological polar surface area (TPSA) is 43.8 Å². The highest BCUT2D eigenvalue weighted by Gasteiger charge is 2.49. The Labute approximate surface area is 146 Å². The van der Waals surface area contributed by atoms with Crippen molar-refractivity contribution < 1.29 is 9.90 Å². The fourth-order valence-electron chi connectivity index (χ4n) is 5.71. The van der Waals surface area contributed by atoms with E-state index in [0.29, 0.717) is 24.3 Å². The molecule has 0 aromatic rings. The average molecular weight is 335 g/mol. The number of rotatable bonds is 4. The molecule has 0 bridgehead atoms. The summed E-state index contributed by atoms with van der Waals surface area (Å²) in [5.41, 5.74) is 0.272. The molecule has 2 aliphatic carbocycles. The summed E-state index contributed by atoms with van der Waals surface area (Å²) in [6, 6.07) is 0.778. The summed E-state index contributed by atoms with van der Waals surface area (Å²) < 4.78 is 0. The lowest BCUT2D eigenvalue weighted by Gasteiger charge is -2.43. The molecule has 4 nitrogen and oxygen atoms in total. The summed E-state index contributed by atoms with van der Waals surface area (Å²) in [4.78, 5) is 17.4. The molecule has 4 heteroatoms. The summed E-state index contributed by atoms with van der Waals surface area (Å²) >= 11 is 0. The van der Waals surface area contributed by atoms with Gasteiger partial charge < -0.3 is 10.0 Å². The van der Waals surface area contributed by atoms with E-state index in [0.717, 1.165) is 51.5 Å². The Kier molecular flexibility index (Phi) is 4.88. The Morgan fingerprint density at radius 2 is 1.75 bits per heavy atom. The minimum absolute atomic E-state index is 0.272. The average Bonchev–Trinajstić information content (AvgIpc) is 3.15. The zero-order chi connectivity index (χ0) is 16.6. The van der Waals surface area contributed by atoms with E-state index in [4.69, 9.17) is 0 Å². The molecule has 24 heavy (non-hydrogen) atoms. The summed E-state index contributed by atoms with van der Waals surface area (Å²) in [6.07, 6.45) is 12.2. The normalized spacial score (nSPS) is 31.7. The van der Waals surface area contributed by atoms with Crippen LogP contribution >= 0.6 is 0 Å². The van der Waals surface area contributed by atoms with Gasteiger partial charge in [-0.15, -0.1) is 0 Å². The summed E-state index contributed by atoms with van der Waals surface area (Å²) in [6.45, 7) is 4.39. The zero-order valence-corrected chi connectivity index (χ0v) is 15.1. The quantitative estimate of drug-likeness (QED) is 0.859. The molecular weight excluding hydrogens is 300 g/mol. The van der Waals surface area contributed by atoms with Crippen LogP contribution in [0, 0.1) is 17.3 Å². The molecule has 2 saturated heterocycles. The van der Waals surface area contributed by atoms with Crippen molar-refractivity contribution in [2.45, 2.75) is 70.3 Å². The van der Waals surface area contributed by atoms with Crippen LogP contribution in [0.25, 0.3) is 0 Å². The van der Waals surface area contributed by atoms with Crippen LogP contribution in [0.1, 0.15) is 64.2 Å². The number of hydrogen-bond donors (Lipinski definition) is 1. The van der Waals surface area contributed by atoms with Crippen LogP contribution in [-0.4, -0.2) is 59.6 Å². The van der Waals surface area contributed by atoms with Crippen LogP contribution in [-0.2, 0) is 4.79 Å². The van der Waals surface area contributed by atoms with E-state index >= 15 is 0 Å². The van der Waals surface area contributed by atoms with Gasteiger partial charge in [0.15, 0.2) is 0 Å². The fourth-order valence-corrected chi connectivity index (χ4v) is 5.71. The molecule has 4 fully saturated rings. The van der Waals surface area contributed by atoms with Crippen molar-refractivity contribution in [1.82, 2.24) is 9.80 Å². The first kappa shape index (κ1) is 16.8. The standard InChI is InChI=1S/C20H34N2O2/c23-14-17-13-22(18-6-3-7-18)15-20(17)8-10-21(11-9-20)19(24)12-16-4-1-2-5-16/h16-18,23H,1-15H2. The predicted octanol–water partition coefficient (Wildman–Crippen LogP) is 2.65. The summed E-state index contributed by atoms with van der Waals surface area (Å²) in [5, 5.41) is 9.93. The maximum absolute atomic E-state index is 12.6. The van der Waals surface area contributed by atoms with E-state index in [2.05, 4.69) is 9.80 Å². The van der Waals surface area contributed by atoms with Crippen molar-refractivity contribution in [3.63, 3.8) is 0 Å². The first-order valence-electron chi connectivity index (χ1n) is 10.3. The Balaban J connectivity index is 1.33. The van der Waals surface area contributed by atoms with Gasteiger partial charge in [0.1, 0.15) is 0 Å². The monoisotopic (exact) mass is 334 g/mol. The highest BCUT2D eigenvalue weighted by atomic mass is 16.3. The summed E-state index contributed by atoms with van der Waals surface area (Å²) in [7, 11) is 0.